The zero-order valence-corrected chi connectivity index (χ0v) is 11.6. The molecule has 1 atom stereocenters. The van der Waals surface area contributed by atoms with Crippen LogP contribution in [0.4, 0.5) is 0 Å². The smallest absolute Gasteiger partial charge is 0.337 e. The Morgan fingerprint density at radius 3 is 2.05 bits per heavy atom. The molecule has 5 heteroatoms. The number of methoxy groups -OCH3 is 2. The molecule has 0 bridgehead atoms. The van der Waals surface area contributed by atoms with Gasteiger partial charge in [0.15, 0.2) is 0 Å². The predicted octanol–water partition coefficient (Wildman–Crippen LogP) is 1.24. The van der Waals surface area contributed by atoms with Crippen LogP contribution in [0.15, 0.2) is 18.2 Å². The lowest BCUT2D eigenvalue weighted by Gasteiger charge is -2.04. The molecule has 1 unspecified atom stereocenters. The first kappa shape index (κ1) is 15.7. The van der Waals surface area contributed by atoms with E-state index in [9.17, 15) is 9.59 Å². The van der Waals surface area contributed by atoms with Gasteiger partial charge in [-0.05, 0) is 25.1 Å². The Hall–Kier alpha value is -2.32. The van der Waals surface area contributed by atoms with Crippen LogP contribution < -0.4 is 0 Å². The van der Waals surface area contributed by atoms with E-state index in [1.165, 1.54) is 32.4 Å². The van der Waals surface area contributed by atoms with Crippen molar-refractivity contribution in [1.82, 2.24) is 0 Å². The molecule has 1 N–H and O–H groups in total. The molecule has 0 radical (unpaired) electrons. The molecule has 0 aliphatic rings. The number of aliphatic hydroxyl groups excluding tert-OH is 1. The Morgan fingerprint density at radius 2 is 1.65 bits per heavy atom. The molecule has 106 valence electrons. The number of rotatable bonds is 3. The normalized spacial score (nSPS) is 11.0. The summed E-state index contributed by atoms with van der Waals surface area (Å²) in [4.78, 5) is 23.1. The van der Waals surface area contributed by atoms with Gasteiger partial charge in [-0.3, -0.25) is 0 Å². The molecule has 0 aliphatic heterocycles. The van der Waals surface area contributed by atoms with Crippen LogP contribution in [0, 0.1) is 17.8 Å². The van der Waals surface area contributed by atoms with E-state index in [0.29, 0.717) is 5.56 Å². The zero-order chi connectivity index (χ0) is 15.1. The molecule has 5 nitrogen and oxygen atoms in total. The van der Waals surface area contributed by atoms with E-state index in [2.05, 4.69) is 21.3 Å². The molecule has 1 rings (SSSR count). The average Bonchev–Trinajstić information content (AvgIpc) is 2.50. The Kier molecular flexibility index (Phi) is 5.75. The van der Waals surface area contributed by atoms with E-state index in [1.54, 1.807) is 6.92 Å². The van der Waals surface area contributed by atoms with Gasteiger partial charge in [-0.2, -0.15) is 0 Å². The van der Waals surface area contributed by atoms with Gasteiger partial charge >= 0.3 is 11.9 Å². The van der Waals surface area contributed by atoms with Crippen molar-refractivity contribution in [3.05, 3.63) is 34.9 Å². The molecule has 0 aliphatic carbocycles. The first-order chi connectivity index (χ1) is 9.51. The highest BCUT2D eigenvalue weighted by Gasteiger charge is 2.13. The van der Waals surface area contributed by atoms with Crippen LogP contribution >= 0.6 is 0 Å². The molecule has 20 heavy (non-hydrogen) atoms. The molecular weight excluding hydrogens is 260 g/mol. The SMILES string of the molecule is COC(=O)c1cc(C#CC(C)CO)cc(C(=O)OC)c1. The lowest BCUT2D eigenvalue weighted by atomic mass is 10.0. The summed E-state index contributed by atoms with van der Waals surface area (Å²) in [6.45, 7) is 1.70. The third kappa shape index (κ3) is 4.11. The van der Waals surface area contributed by atoms with Crippen LogP contribution in [0.2, 0.25) is 0 Å². The summed E-state index contributed by atoms with van der Waals surface area (Å²) in [6, 6.07) is 4.43. The molecule has 0 spiro atoms. The topological polar surface area (TPSA) is 72.8 Å². The van der Waals surface area contributed by atoms with Crippen molar-refractivity contribution in [3.8, 4) is 11.8 Å². The van der Waals surface area contributed by atoms with E-state index < -0.39 is 11.9 Å². The minimum atomic E-state index is -0.561. The van der Waals surface area contributed by atoms with Crippen LogP contribution in [0.3, 0.4) is 0 Å². The summed E-state index contributed by atoms with van der Waals surface area (Å²) in [5.74, 6) is 4.30. The quantitative estimate of drug-likeness (QED) is 0.664. The molecule has 0 saturated carbocycles. The highest BCUT2D eigenvalue weighted by atomic mass is 16.5. The second kappa shape index (κ2) is 7.31. The highest BCUT2D eigenvalue weighted by molar-refractivity contribution is 5.95. The number of carbonyl (C=O) groups is 2. The second-order valence-corrected chi connectivity index (χ2v) is 4.14. The minimum Gasteiger partial charge on any atom is -0.465 e. The Bertz CT molecular complexity index is 531. The largest absolute Gasteiger partial charge is 0.465 e. The fourth-order valence-corrected chi connectivity index (χ4v) is 1.42. The summed E-state index contributed by atoms with van der Waals surface area (Å²) < 4.78 is 9.25. The summed E-state index contributed by atoms with van der Waals surface area (Å²) in [5, 5.41) is 8.92. The molecular formula is C15H16O5. The van der Waals surface area contributed by atoms with Crippen molar-refractivity contribution < 1.29 is 24.2 Å². The van der Waals surface area contributed by atoms with Gasteiger partial charge in [0.2, 0.25) is 0 Å². The van der Waals surface area contributed by atoms with E-state index in [0.717, 1.165) is 0 Å². The molecule has 0 saturated heterocycles. The molecule has 0 amide bonds. The van der Waals surface area contributed by atoms with E-state index >= 15 is 0 Å². The van der Waals surface area contributed by atoms with Gasteiger partial charge in [0.1, 0.15) is 0 Å². The maximum atomic E-state index is 11.6. The maximum Gasteiger partial charge on any atom is 0.337 e. The van der Waals surface area contributed by atoms with E-state index in [4.69, 9.17) is 5.11 Å². The van der Waals surface area contributed by atoms with Gasteiger partial charge in [0, 0.05) is 11.5 Å². The fraction of sp³-hybridized carbons (Fsp3) is 0.333. The van der Waals surface area contributed by atoms with Crippen molar-refractivity contribution >= 4 is 11.9 Å². The van der Waals surface area contributed by atoms with Crippen LogP contribution in [0.1, 0.15) is 33.2 Å². The lowest BCUT2D eigenvalue weighted by Crippen LogP contribution is -2.07. The summed E-state index contributed by atoms with van der Waals surface area (Å²) >= 11 is 0. The number of benzene rings is 1. The fourth-order valence-electron chi connectivity index (χ4n) is 1.42. The molecule has 0 aromatic heterocycles. The Morgan fingerprint density at radius 1 is 1.15 bits per heavy atom. The van der Waals surface area contributed by atoms with Gasteiger partial charge in [0.25, 0.3) is 0 Å². The number of hydrogen-bond acceptors (Lipinski definition) is 5. The molecule has 1 aromatic rings. The van der Waals surface area contributed by atoms with Gasteiger partial charge in [-0.1, -0.05) is 11.8 Å². The van der Waals surface area contributed by atoms with Crippen LogP contribution in [0.5, 0.6) is 0 Å². The first-order valence-electron chi connectivity index (χ1n) is 5.96. The van der Waals surface area contributed by atoms with Gasteiger partial charge in [-0.15, -0.1) is 0 Å². The first-order valence-corrected chi connectivity index (χ1v) is 5.96. The van der Waals surface area contributed by atoms with Crippen LogP contribution in [-0.2, 0) is 9.47 Å². The minimum absolute atomic E-state index is 0.0620. The lowest BCUT2D eigenvalue weighted by molar-refractivity contribution is 0.0599. The van der Waals surface area contributed by atoms with Crippen LogP contribution in [0.25, 0.3) is 0 Å². The third-order valence-corrected chi connectivity index (χ3v) is 2.51. The number of ether oxygens (including phenoxy) is 2. The van der Waals surface area contributed by atoms with Crippen LogP contribution in [-0.4, -0.2) is 37.9 Å². The van der Waals surface area contributed by atoms with E-state index in [-0.39, 0.29) is 23.7 Å². The van der Waals surface area contributed by atoms with Crippen molar-refractivity contribution in [3.63, 3.8) is 0 Å². The zero-order valence-electron chi connectivity index (χ0n) is 11.6. The average molecular weight is 276 g/mol. The van der Waals surface area contributed by atoms with Crippen molar-refractivity contribution in [2.75, 3.05) is 20.8 Å². The standard InChI is InChI=1S/C15H16O5/c1-10(9-16)4-5-11-6-12(14(17)19-2)8-13(7-11)15(18)20-3/h6-8,10,16H,9H2,1-3H3. The highest BCUT2D eigenvalue weighted by Crippen LogP contribution is 2.12. The number of carbonyl (C=O) groups excluding carboxylic acids is 2. The maximum absolute atomic E-state index is 11.6. The van der Waals surface area contributed by atoms with Crippen molar-refractivity contribution in [2.24, 2.45) is 5.92 Å². The Labute approximate surface area is 117 Å². The summed E-state index contributed by atoms with van der Waals surface area (Å²) in [7, 11) is 2.51. The monoisotopic (exact) mass is 276 g/mol. The summed E-state index contributed by atoms with van der Waals surface area (Å²) in [5.41, 5.74) is 0.918. The summed E-state index contributed by atoms with van der Waals surface area (Å²) in [6.07, 6.45) is 0. The van der Waals surface area contributed by atoms with E-state index in [1.807, 2.05) is 0 Å². The number of hydrogen-bond donors (Lipinski definition) is 1. The number of esters is 2. The van der Waals surface area contributed by atoms with Gasteiger partial charge < -0.3 is 14.6 Å². The second-order valence-electron chi connectivity index (χ2n) is 4.14. The Balaban J connectivity index is 3.25. The molecule has 1 aromatic carbocycles. The molecule has 0 heterocycles. The number of aliphatic hydroxyl groups is 1. The third-order valence-electron chi connectivity index (χ3n) is 2.51. The van der Waals surface area contributed by atoms with Crippen molar-refractivity contribution in [2.45, 2.75) is 6.92 Å². The van der Waals surface area contributed by atoms with Gasteiger partial charge in [-0.25, -0.2) is 9.59 Å². The van der Waals surface area contributed by atoms with Crippen molar-refractivity contribution in [1.29, 1.82) is 0 Å². The van der Waals surface area contributed by atoms with Gasteiger partial charge in [0.05, 0.1) is 32.0 Å². The predicted molar refractivity (Wildman–Crippen MR) is 72.2 cm³/mol. The molecule has 0 fully saturated rings.